The van der Waals surface area contributed by atoms with Crippen molar-refractivity contribution in [3.05, 3.63) is 0 Å². The molecule has 5 nitrogen and oxygen atoms in total. The molecule has 16 heavy (non-hydrogen) atoms. The predicted molar refractivity (Wildman–Crippen MR) is 53.0 cm³/mol. The van der Waals surface area contributed by atoms with Gasteiger partial charge in [-0.15, -0.1) is 0 Å². The summed E-state index contributed by atoms with van der Waals surface area (Å²) >= 11 is 0. The Balaban J connectivity index is 2.45. The highest BCUT2D eigenvalue weighted by Crippen LogP contribution is 2.24. The second-order valence-corrected chi connectivity index (χ2v) is 3.84. The molecule has 0 spiro atoms. The molecule has 2 amide bonds. The van der Waals surface area contributed by atoms with Crippen LogP contribution in [0.1, 0.15) is 13.3 Å². The number of nitrogens with one attached hydrogen (secondary N) is 3. The van der Waals surface area contributed by atoms with Crippen LogP contribution >= 0.6 is 0 Å². The zero-order chi connectivity index (χ0) is 12.3. The Labute approximate surface area is 92.0 Å². The summed E-state index contributed by atoms with van der Waals surface area (Å²) in [5.74, 6) is -3.79. The van der Waals surface area contributed by atoms with Gasteiger partial charge in [0, 0.05) is 13.5 Å². The summed E-state index contributed by atoms with van der Waals surface area (Å²) < 4.78 is 25.6. The summed E-state index contributed by atoms with van der Waals surface area (Å²) in [6.45, 7) is 0.989. The summed E-state index contributed by atoms with van der Waals surface area (Å²) in [6.07, 6.45) is -0.528. The van der Waals surface area contributed by atoms with Gasteiger partial charge in [0.05, 0.1) is 12.6 Å². The molecular formula is C9H15F2N3O2. The monoisotopic (exact) mass is 235 g/mol. The molecule has 1 saturated heterocycles. The molecule has 0 aliphatic carbocycles. The van der Waals surface area contributed by atoms with E-state index in [0.717, 1.165) is 0 Å². The van der Waals surface area contributed by atoms with Crippen LogP contribution in [0.2, 0.25) is 0 Å². The number of carbonyl (C=O) groups is 2. The Kier molecular flexibility index (Phi) is 3.79. The Morgan fingerprint density at radius 2 is 2.12 bits per heavy atom. The van der Waals surface area contributed by atoms with Crippen LogP contribution in [0.3, 0.4) is 0 Å². The van der Waals surface area contributed by atoms with Crippen molar-refractivity contribution in [1.82, 2.24) is 16.0 Å². The van der Waals surface area contributed by atoms with Gasteiger partial charge in [0.15, 0.2) is 0 Å². The van der Waals surface area contributed by atoms with Crippen molar-refractivity contribution in [3.8, 4) is 0 Å². The molecule has 0 aromatic heterocycles. The molecule has 0 saturated carbocycles. The molecule has 0 radical (unpaired) electrons. The maximum atomic E-state index is 12.8. The van der Waals surface area contributed by atoms with Gasteiger partial charge in [-0.3, -0.25) is 14.9 Å². The fourth-order valence-electron chi connectivity index (χ4n) is 1.50. The first-order valence-electron chi connectivity index (χ1n) is 4.99. The standard InChI is InChI=1S/C9H15F2N3O2/c1-5(7(15)12-2)14-8(16)6-3-9(10,11)4-13-6/h5-6,13H,3-4H2,1-2H3,(H,12,15)(H,14,16)/t5-,6?/m1/s1. The Morgan fingerprint density at radius 1 is 1.50 bits per heavy atom. The zero-order valence-corrected chi connectivity index (χ0v) is 9.14. The van der Waals surface area contributed by atoms with Crippen molar-refractivity contribution in [2.45, 2.75) is 31.4 Å². The van der Waals surface area contributed by atoms with Gasteiger partial charge in [-0.2, -0.15) is 0 Å². The number of hydrogen-bond donors (Lipinski definition) is 3. The van der Waals surface area contributed by atoms with Crippen LogP contribution in [0.4, 0.5) is 8.78 Å². The average Bonchev–Trinajstić information content (AvgIpc) is 2.57. The summed E-state index contributed by atoms with van der Waals surface area (Å²) in [4.78, 5) is 22.6. The van der Waals surface area contributed by atoms with Gasteiger partial charge in [0.2, 0.25) is 11.8 Å². The normalized spacial score (nSPS) is 24.9. The van der Waals surface area contributed by atoms with E-state index in [4.69, 9.17) is 0 Å². The lowest BCUT2D eigenvalue weighted by atomic mass is 10.1. The molecule has 1 fully saturated rings. The van der Waals surface area contributed by atoms with Gasteiger partial charge in [-0.25, -0.2) is 8.78 Å². The van der Waals surface area contributed by atoms with Crippen LogP contribution in [-0.4, -0.2) is 43.4 Å². The van der Waals surface area contributed by atoms with Crippen molar-refractivity contribution in [3.63, 3.8) is 0 Å². The highest BCUT2D eigenvalue weighted by molar-refractivity contribution is 5.89. The molecule has 7 heteroatoms. The Bertz CT molecular complexity index is 296. The van der Waals surface area contributed by atoms with Gasteiger partial charge in [0.25, 0.3) is 5.92 Å². The van der Waals surface area contributed by atoms with E-state index in [1.54, 1.807) is 0 Å². The topological polar surface area (TPSA) is 70.2 Å². The maximum Gasteiger partial charge on any atom is 0.262 e. The molecule has 1 unspecified atom stereocenters. The zero-order valence-electron chi connectivity index (χ0n) is 9.14. The first-order chi connectivity index (χ1) is 7.35. The molecule has 3 N–H and O–H groups in total. The minimum atomic E-state index is -2.85. The first kappa shape index (κ1) is 12.8. The van der Waals surface area contributed by atoms with Gasteiger partial charge in [-0.1, -0.05) is 0 Å². The summed E-state index contributed by atoms with van der Waals surface area (Å²) in [5, 5.41) is 7.13. The predicted octanol–water partition coefficient (Wildman–Crippen LogP) is -0.766. The van der Waals surface area contributed by atoms with Gasteiger partial charge >= 0.3 is 0 Å². The molecule has 0 aromatic rings. The largest absolute Gasteiger partial charge is 0.357 e. The molecule has 2 atom stereocenters. The first-order valence-corrected chi connectivity index (χ1v) is 4.99. The van der Waals surface area contributed by atoms with Gasteiger partial charge < -0.3 is 10.6 Å². The number of alkyl halides is 2. The number of amides is 2. The minimum Gasteiger partial charge on any atom is -0.357 e. The van der Waals surface area contributed by atoms with Crippen molar-refractivity contribution >= 4 is 11.8 Å². The van der Waals surface area contributed by atoms with E-state index in [1.165, 1.54) is 14.0 Å². The van der Waals surface area contributed by atoms with E-state index >= 15 is 0 Å². The van der Waals surface area contributed by atoms with Crippen LogP contribution in [0, 0.1) is 0 Å². The number of carbonyl (C=O) groups excluding carboxylic acids is 2. The number of likely N-dealkylation sites (N-methyl/N-ethyl adjacent to an activating group) is 1. The van der Waals surface area contributed by atoms with Crippen LogP contribution in [-0.2, 0) is 9.59 Å². The Hall–Kier alpha value is -1.24. The maximum absolute atomic E-state index is 12.8. The number of halogens is 2. The molecule has 0 aromatic carbocycles. The molecule has 1 aliphatic rings. The molecule has 1 aliphatic heterocycles. The minimum absolute atomic E-state index is 0.363. The molecule has 1 heterocycles. The molecular weight excluding hydrogens is 220 g/mol. The lowest BCUT2D eigenvalue weighted by molar-refractivity contribution is -0.129. The van der Waals surface area contributed by atoms with E-state index in [2.05, 4.69) is 16.0 Å². The van der Waals surface area contributed by atoms with Crippen LogP contribution in [0.5, 0.6) is 0 Å². The van der Waals surface area contributed by atoms with Gasteiger partial charge in [0.1, 0.15) is 6.04 Å². The third kappa shape index (κ3) is 3.13. The third-order valence-electron chi connectivity index (χ3n) is 2.42. The third-order valence-corrected chi connectivity index (χ3v) is 2.42. The fourth-order valence-corrected chi connectivity index (χ4v) is 1.50. The van der Waals surface area contributed by atoms with Crippen molar-refractivity contribution < 1.29 is 18.4 Å². The summed E-state index contributed by atoms with van der Waals surface area (Å²) in [7, 11) is 1.44. The quantitative estimate of drug-likeness (QED) is 0.602. The summed E-state index contributed by atoms with van der Waals surface area (Å²) in [6, 6.07) is -1.66. The Morgan fingerprint density at radius 3 is 2.56 bits per heavy atom. The molecule has 92 valence electrons. The van der Waals surface area contributed by atoms with E-state index in [1.807, 2.05) is 0 Å². The SMILES string of the molecule is CNC(=O)[C@@H](C)NC(=O)C1CC(F)(F)CN1. The average molecular weight is 235 g/mol. The smallest absolute Gasteiger partial charge is 0.262 e. The van der Waals surface area contributed by atoms with Crippen LogP contribution in [0.15, 0.2) is 0 Å². The number of rotatable bonds is 3. The second-order valence-electron chi connectivity index (χ2n) is 3.84. The van der Waals surface area contributed by atoms with E-state index < -0.39 is 36.9 Å². The van der Waals surface area contributed by atoms with Crippen LogP contribution < -0.4 is 16.0 Å². The van der Waals surface area contributed by atoms with Crippen molar-refractivity contribution in [2.24, 2.45) is 0 Å². The van der Waals surface area contributed by atoms with Crippen LogP contribution in [0.25, 0.3) is 0 Å². The van der Waals surface area contributed by atoms with E-state index in [0.29, 0.717) is 0 Å². The summed E-state index contributed by atoms with van der Waals surface area (Å²) in [5.41, 5.74) is 0. The second kappa shape index (κ2) is 4.73. The van der Waals surface area contributed by atoms with Gasteiger partial charge in [-0.05, 0) is 6.92 Å². The van der Waals surface area contributed by atoms with Crippen molar-refractivity contribution in [2.75, 3.05) is 13.6 Å². The highest BCUT2D eigenvalue weighted by Gasteiger charge is 2.42. The molecule has 1 rings (SSSR count). The lowest BCUT2D eigenvalue weighted by Gasteiger charge is -2.15. The highest BCUT2D eigenvalue weighted by atomic mass is 19.3. The lowest BCUT2D eigenvalue weighted by Crippen LogP contribution is -2.49. The van der Waals surface area contributed by atoms with E-state index in [-0.39, 0.29) is 5.91 Å². The fraction of sp³-hybridized carbons (Fsp3) is 0.778. The van der Waals surface area contributed by atoms with Crippen molar-refractivity contribution in [1.29, 1.82) is 0 Å². The number of hydrogen-bond acceptors (Lipinski definition) is 3. The molecule has 0 bridgehead atoms. The van der Waals surface area contributed by atoms with E-state index in [9.17, 15) is 18.4 Å².